The Morgan fingerprint density at radius 1 is 1.17 bits per heavy atom. The molecule has 0 saturated heterocycles. The normalized spacial score (nSPS) is 11.7. The monoisotopic (exact) mass is 419 g/mol. The fourth-order valence-electron chi connectivity index (χ4n) is 3.07. The van der Waals surface area contributed by atoms with Crippen molar-refractivity contribution < 1.29 is 33.8 Å². The molecule has 10 heteroatoms. The molecular formula is C20H22FN3O6. The van der Waals surface area contributed by atoms with E-state index in [4.69, 9.17) is 10.2 Å². The zero-order chi connectivity index (χ0) is 22.7. The van der Waals surface area contributed by atoms with E-state index in [2.05, 4.69) is 5.32 Å². The van der Waals surface area contributed by atoms with E-state index >= 15 is 0 Å². The van der Waals surface area contributed by atoms with Crippen molar-refractivity contribution in [1.82, 2.24) is 9.88 Å². The second-order valence-corrected chi connectivity index (χ2v) is 6.79. The summed E-state index contributed by atoms with van der Waals surface area (Å²) in [4.78, 5) is 48.5. The molecule has 4 N–H and O–H groups in total. The van der Waals surface area contributed by atoms with E-state index in [1.165, 1.54) is 36.7 Å². The largest absolute Gasteiger partial charge is 0.480 e. The van der Waals surface area contributed by atoms with Crippen LogP contribution in [0, 0.1) is 26.6 Å². The molecule has 1 atom stereocenters. The molecule has 2 rings (SSSR count). The van der Waals surface area contributed by atoms with Gasteiger partial charge in [0.15, 0.2) is 6.04 Å². The molecule has 160 valence electrons. The molecule has 0 spiro atoms. The van der Waals surface area contributed by atoms with Crippen molar-refractivity contribution in [3.8, 4) is 0 Å². The number of amides is 2. The van der Waals surface area contributed by atoms with Crippen LogP contribution < -0.4 is 10.6 Å². The number of aryl methyl sites for hydroxylation is 1. The second kappa shape index (κ2) is 8.87. The van der Waals surface area contributed by atoms with E-state index in [0.717, 1.165) is 0 Å². The summed E-state index contributed by atoms with van der Waals surface area (Å²) in [6.07, 6.45) is 0. The number of nitrogens with zero attached hydrogens (tertiary/aromatic N) is 1. The average molecular weight is 419 g/mol. The number of ketones is 1. The van der Waals surface area contributed by atoms with Gasteiger partial charge >= 0.3 is 5.97 Å². The van der Waals surface area contributed by atoms with E-state index in [9.17, 15) is 23.6 Å². The third-order valence-corrected chi connectivity index (χ3v) is 4.78. The number of carbonyl (C=O) groups is 4. The lowest BCUT2D eigenvalue weighted by atomic mass is 10.1. The quantitative estimate of drug-likeness (QED) is 0.392. The third-order valence-electron chi connectivity index (χ3n) is 4.78. The van der Waals surface area contributed by atoms with Crippen molar-refractivity contribution in [2.24, 2.45) is 7.05 Å². The minimum absolute atomic E-state index is 0.0903. The predicted molar refractivity (Wildman–Crippen MR) is 105 cm³/mol. The predicted octanol–water partition coefficient (Wildman–Crippen LogP) is 1.09. The molecule has 2 aromatic rings. The molecule has 0 aliphatic heterocycles. The van der Waals surface area contributed by atoms with E-state index in [1.54, 1.807) is 13.8 Å². The van der Waals surface area contributed by atoms with Gasteiger partial charge in [-0.2, -0.15) is 0 Å². The smallest absolute Gasteiger partial charge is 0.328 e. The minimum atomic E-state index is -1.63. The van der Waals surface area contributed by atoms with Crippen LogP contribution in [0.4, 0.5) is 10.1 Å². The number of Topliss-reactive ketones (excluding diaryl/α,β-unsaturated/α-hetero) is 1. The molecular weight excluding hydrogens is 397 g/mol. The van der Waals surface area contributed by atoms with Gasteiger partial charge < -0.3 is 25.4 Å². The van der Waals surface area contributed by atoms with Gasteiger partial charge in [0, 0.05) is 18.4 Å². The second-order valence-electron chi connectivity index (χ2n) is 6.79. The first-order valence-electron chi connectivity index (χ1n) is 8.91. The van der Waals surface area contributed by atoms with Crippen LogP contribution in [0.1, 0.15) is 37.7 Å². The van der Waals surface area contributed by atoms with Gasteiger partial charge in [0.25, 0.3) is 17.6 Å². The van der Waals surface area contributed by atoms with Crippen molar-refractivity contribution in [3.05, 3.63) is 52.1 Å². The summed E-state index contributed by atoms with van der Waals surface area (Å²) in [5.41, 5.74) is 1.40. The third kappa shape index (κ3) is 4.38. The van der Waals surface area contributed by atoms with Crippen LogP contribution in [0.15, 0.2) is 18.2 Å². The molecule has 0 aliphatic rings. The highest BCUT2D eigenvalue weighted by molar-refractivity contribution is 6.43. The lowest BCUT2D eigenvalue weighted by molar-refractivity contribution is -0.142. The van der Waals surface area contributed by atoms with Crippen LogP contribution in [0.2, 0.25) is 0 Å². The number of carbonyl (C=O) groups excluding carboxylic acids is 3. The Balaban J connectivity index is 2.34. The number of aliphatic hydroxyl groups excluding tert-OH is 1. The number of benzene rings is 1. The summed E-state index contributed by atoms with van der Waals surface area (Å²) < 4.78 is 14.8. The molecule has 0 unspecified atom stereocenters. The molecule has 0 aliphatic carbocycles. The molecule has 1 aromatic carbocycles. The van der Waals surface area contributed by atoms with Crippen LogP contribution in [0.3, 0.4) is 0 Å². The van der Waals surface area contributed by atoms with E-state index in [1.807, 2.05) is 5.32 Å². The number of aliphatic carboxylic acids is 1. The van der Waals surface area contributed by atoms with Crippen LogP contribution in [-0.4, -0.2) is 51.0 Å². The summed E-state index contributed by atoms with van der Waals surface area (Å²) in [7, 11) is 1.49. The van der Waals surface area contributed by atoms with Gasteiger partial charge in [-0.1, -0.05) is 0 Å². The first-order chi connectivity index (χ1) is 14.0. The highest BCUT2D eigenvalue weighted by Crippen LogP contribution is 2.23. The summed E-state index contributed by atoms with van der Waals surface area (Å²) in [6, 6.07) is 2.44. The van der Waals surface area contributed by atoms with Crippen molar-refractivity contribution in [2.45, 2.75) is 26.8 Å². The zero-order valence-electron chi connectivity index (χ0n) is 16.9. The van der Waals surface area contributed by atoms with Gasteiger partial charge in [-0.05, 0) is 50.1 Å². The maximum Gasteiger partial charge on any atom is 0.328 e. The maximum atomic E-state index is 13.4. The molecule has 0 fully saturated rings. The van der Waals surface area contributed by atoms with Crippen LogP contribution in [0.25, 0.3) is 0 Å². The molecule has 30 heavy (non-hydrogen) atoms. The molecule has 0 saturated carbocycles. The number of halogens is 1. The molecule has 1 heterocycles. The summed E-state index contributed by atoms with van der Waals surface area (Å²) in [5, 5.41) is 22.5. The van der Waals surface area contributed by atoms with Gasteiger partial charge in [0.05, 0.1) is 17.9 Å². The SMILES string of the molecule is Cc1cc(NC(=O)c2c(C)c(C(=O)C(=O)N[C@H](CO)C(=O)O)n(C)c2C)ccc1F. The van der Waals surface area contributed by atoms with Crippen LogP contribution >= 0.6 is 0 Å². The van der Waals surface area contributed by atoms with E-state index in [-0.39, 0.29) is 16.8 Å². The number of anilines is 1. The first kappa shape index (κ1) is 22.8. The number of hydrogen-bond donors (Lipinski definition) is 4. The number of aliphatic hydroxyl groups is 1. The Hall–Kier alpha value is -3.53. The number of aromatic nitrogens is 1. The van der Waals surface area contributed by atoms with Crippen molar-refractivity contribution in [1.29, 1.82) is 0 Å². The summed E-state index contributed by atoms with van der Waals surface area (Å²) >= 11 is 0. The Morgan fingerprint density at radius 3 is 2.33 bits per heavy atom. The van der Waals surface area contributed by atoms with Crippen molar-refractivity contribution in [2.75, 3.05) is 11.9 Å². The molecule has 1 aromatic heterocycles. The van der Waals surface area contributed by atoms with Gasteiger partial charge in [-0.25, -0.2) is 9.18 Å². The Labute approximate surface area is 171 Å². The highest BCUT2D eigenvalue weighted by atomic mass is 19.1. The van der Waals surface area contributed by atoms with E-state index < -0.39 is 42.0 Å². The summed E-state index contributed by atoms with van der Waals surface area (Å²) in [6.45, 7) is 3.74. The number of carboxylic acids is 1. The average Bonchev–Trinajstić information content (AvgIpc) is 2.90. The van der Waals surface area contributed by atoms with Gasteiger partial charge in [-0.15, -0.1) is 0 Å². The fraction of sp³-hybridized carbons (Fsp3) is 0.300. The van der Waals surface area contributed by atoms with Gasteiger partial charge in [-0.3, -0.25) is 14.4 Å². The van der Waals surface area contributed by atoms with E-state index in [0.29, 0.717) is 16.9 Å². The highest BCUT2D eigenvalue weighted by Gasteiger charge is 2.30. The lowest BCUT2D eigenvalue weighted by Crippen LogP contribution is -2.46. The number of hydrogen-bond acceptors (Lipinski definition) is 5. The topological polar surface area (TPSA) is 138 Å². The Morgan fingerprint density at radius 2 is 1.80 bits per heavy atom. The molecule has 2 amide bonds. The Bertz CT molecular complexity index is 1040. The number of carboxylic acid groups (broad SMARTS) is 1. The lowest BCUT2D eigenvalue weighted by Gasteiger charge is -2.11. The van der Waals surface area contributed by atoms with Crippen molar-refractivity contribution in [3.63, 3.8) is 0 Å². The number of rotatable bonds is 7. The van der Waals surface area contributed by atoms with Gasteiger partial charge in [0.2, 0.25) is 0 Å². The molecule has 9 nitrogen and oxygen atoms in total. The first-order valence-corrected chi connectivity index (χ1v) is 8.91. The van der Waals surface area contributed by atoms with Crippen molar-refractivity contribution >= 4 is 29.3 Å². The fourth-order valence-corrected chi connectivity index (χ4v) is 3.07. The Kier molecular flexibility index (Phi) is 6.73. The number of nitrogens with one attached hydrogen (secondary N) is 2. The standard InChI is InChI=1S/C20H22FN3O6/c1-9-7-12(5-6-13(9)21)22-18(27)15-10(2)16(24(4)11(15)3)17(26)19(28)23-14(8-25)20(29)30/h5-7,14,25H,8H2,1-4H3,(H,22,27)(H,23,28)(H,29,30)/t14-/m1/s1. The van der Waals surface area contributed by atoms with Gasteiger partial charge in [0.1, 0.15) is 5.82 Å². The van der Waals surface area contributed by atoms with Crippen LogP contribution in [0.5, 0.6) is 0 Å². The molecule has 0 bridgehead atoms. The zero-order valence-corrected chi connectivity index (χ0v) is 16.9. The van der Waals surface area contributed by atoms with Crippen LogP contribution in [-0.2, 0) is 16.6 Å². The molecule has 0 radical (unpaired) electrons. The summed E-state index contributed by atoms with van der Waals surface area (Å²) in [5.74, 6) is -4.73. The maximum absolute atomic E-state index is 13.4. The minimum Gasteiger partial charge on any atom is -0.480 e.